The first-order valence-electron chi connectivity index (χ1n) is 8.41. The van der Waals surface area contributed by atoms with E-state index < -0.39 is 9.84 Å². The fourth-order valence-corrected chi connectivity index (χ4v) is 4.59. The van der Waals surface area contributed by atoms with Crippen LogP contribution in [0.4, 0.5) is 5.82 Å². The van der Waals surface area contributed by atoms with Crippen LogP contribution in [-0.4, -0.2) is 39.6 Å². The molecule has 27 heavy (non-hydrogen) atoms. The van der Waals surface area contributed by atoms with Gasteiger partial charge in [-0.05, 0) is 47.9 Å². The third-order valence-corrected chi connectivity index (χ3v) is 6.59. The maximum Gasteiger partial charge on any atom is 0.206 e. The monoisotopic (exact) mass is 423 g/mol. The number of anilines is 1. The standard InChI is InChI=1S/C19H18ClN3O2S.ClH/c20-15-2-5-16(6-3-15)26(24,25)17-4-1-14-7-8-22-19(18(14)13-17)23-11-9-21-10-12-23;/h1-8,13,21H,9-12H2;1H. The molecule has 4 rings (SSSR count). The summed E-state index contributed by atoms with van der Waals surface area (Å²) >= 11 is 5.88. The molecule has 1 aliphatic rings. The van der Waals surface area contributed by atoms with Gasteiger partial charge in [0.15, 0.2) is 0 Å². The van der Waals surface area contributed by atoms with Crippen LogP contribution in [-0.2, 0) is 9.84 Å². The molecule has 0 bridgehead atoms. The normalized spacial score (nSPS) is 14.8. The molecule has 1 aliphatic heterocycles. The summed E-state index contributed by atoms with van der Waals surface area (Å²) in [6.07, 6.45) is 1.77. The van der Waals surface area contributed by atoms with Crippen LogP contribution in [0.25, 0.3) is 10.8 Å². The molecule has 142 valence electrons. The van der Waals surface area contributed by atoms with Gasteiger partial charge in [0.25, 0.3) is 0 Å². The second kappa shape index (κ2) is 8.02. The maximum absolute atomic E-state index is 13.0. The zero-order valence-corrected chi connectivity index (χ0v) is 16.8. The van der Waals surface area contributed by atoms with E-state index in [1.807, 2.05) is 12.1 Å². The Kier molecular flexibility index (Phi) is 5.91. The van der Waals surface area contributed by atoms with E-state index in [2.05, 4.69) is 15.2 Å². The van der Waals surface area contributed by atoms with Crippen LogP contribution in [0.2, 0.25) is 5.02 Å². The Morgan fingerprint density at radius 2 is 1.63 bits per heavy atom. The highest BCUT2D eigenvalue weighted by Gasteiger charge is 2.20. The fourth-order valence-electron chi connectivity index (χ4n) is 3.18. The van der Waals surface area contributed by atoms with E-state index in [1.165, 1.54) is 12.1 Å². The van der Waals surface area contributed by atoms with Crippen LogP contribution in [0.3, 0.4) is 0 Å². The molecule has 1 fully saturated rings. The lowest BCUT2D eigenvalue weighted by molar-refractivity contribution is 0.586. The minimum atomic E-state index is -3.61. The number of aromatic nitrogens is 1. The van der Waals surface area contributed by atoms with E-state index >= 15 is 0 Å². The molecular weight excluding hydrogens is 405 g/mol. The predicted molar refractivity (Wildman–Crippen MR) is 111 cm³/mol. The molecule has 1 N–H and O–H groups in total. The summed E-state index contributed by atoms with van der Waals surface area (Å²) in [4.78, 5) is 7.21. The fraction of sp³-hybridized carbons (Fsp3) is 0.211. The van der Waals surface area contributed by atoms with Crippen LogP contribution < -0.4 is 10.2 Å². The number of pyridine rings is 1. The number of halogens is 2. The van der Waals surface area contributed by atoms with Crippen molar-refractivity contribution in [2.45, 2.75) is 9.79 Å². The van der Waals surface area contributed by atoms with Crippen molar-refractivity contribution in [3.63, 3.8) is 0 Å². The van der Waals surface area contributed by atoms with Crippen molar-refractivity contribution in [1.82, 2.24) is 10.3 Å². The molecule has 0 radical (unpaired) electrons. The first-order valence-corrected chi connectivity index (χ1v) is 10.3. The first kappa shape index (κ1) is 19.9. The van der Waals surface area contributed by atoms with Gasteiger partial charge in [0.1, 0.15) is 5.82 Å². The Morgan fingerprint density at radius 1 is 0.963 bits per heavy atom. The van der Waals surface area contributed by atoms with Gasteiger partial charge >= 0.3 is 0 Å². The highest BCUT2D eigenvalue weighted by Crippen LogP contribution is 2.30. The maximum atomic E-state index is 13.0. The predicted octanol–water partition coefficient (Wildman–Crippen LogP) is 3.55. The lowest BCUT2D eigenvalue weighted by Crippen LogP contribution is -2.43. The Morgan fingerprint density at radius 3 is 2.33 bits per heavy atom. The van der Waals surface area contributed by atoms with E-state index in [4.69, 9.17) is 11.6 Å². The average molecular weight is 424 g/mol. The number of piperazine rings is 1. The molecule has 2 heterocycles. The molecule has 8 heteroatoms. The quantitative estimate of drug-likeness (QED) is 0.697. The summed E-state index contributed by atoms with van der Waals surface area (Å²) in [5.74, 6) is 0.831. The smallest absolute Gasteiger partial charge is 0.206 e. The molecule has 0 spiro atoms. The molecule has 0 atom stereocenters. The molecule has 3 aromatic rings. The van der Waals surface area contributed by atoms with Crippen LogP contribution in [0, 0.1) is 0 Å². The second-order valence-electron chi connectivity index (χ2n) is 6.21. The topological polar surface area (TPSA) is 62.3 Å². The van der Waals surface area contributed by atoms with Crippen molar-refractivity contribution < 1.29 is 8.42 Å². The second-order valence-corrected chi connectivity index (χ2v) is 8.60. The third-order valence-electron chi connectivity index (χ3n) is 4.57. The Hall–Kier alpha value is -1.86. The number of benzene rings is 2. The zero-order valence-electron chi connectivity index (χ0n) is 14.4. The number of hydrogen-bond acceptors (Lipinski definition) is 5. The highest BCUT2D eigenvalue weighted by molar-refractivity contribution is 7.91. The summed E-state index contributed by atoms with van der Waals surface area (Å²) in [7, 11) is -3.61. The Bertz CT molecular complexity index is 1050. The van der Waals surface area contributed by atoms with Crippen LogP contribution in [0.1, 0.15) is 0 Å². The minimum absolute atomic E-state index is 0. The number of nitrogens with one attached hydrogen (secondary N) is 1. The van der Waals surface area contributed by atoms with E-state index in [9.17, 15) is 8.42 Å². The molecule has 0 unspecified atom stereocenters. The highest BCUT2D eigenvalue weighted by atomic mass is 35.5. The van der Waals surface area contributed by atoms with E-state index in [0.29, 0.717) is 5.02 Å². The van der Waals surface area contributed by atoms with Gasteiger partial charge in [-0.3, -0.25) is 0 Å². The van der Waals surface area contributed by atoms with Gasteiger partial charge in [-0.15, -0.1) is 12.4 Å². The summed E-state index contributed by atoms with van der Waals surface area (Å²) in [6, 6.07) is 13.3. The van der Waals surface area contributed by atoms with Crippen molar-refractivity contribution in [2.75, 3.05) is 31.1 Å². The van der Waals surface area contributed by atoms with E-state index in [-0.39, 0.29) is 22.2 Å². The van der Waals surface area contributed by atoms with Crippen LogP contribution in [0.15, 0.2) is 64.5 Å². The molecule has 1 aromatic heterocycles. The SMILES string of the molecule is Cl.O=S(=O)(c1ccc(Cl)cc1)c1ccc2ccnc(N3CCNCC3)c2c1. The summed E-state index contributed by atoms with van der Waals surface area (Å²) in [5, 5.41) is 5.65. The Balaban J connectivity index is 0.00000210. The van der Waals surface area contributed by atoms with Gasteiger partial charge in [-0.2, -0.15) is 0 Å². The van der Waals surface area contributed by atoms with Gasteiger partial charge in [0.2, 0.25) is 9.84 Å². The minimum Gasteiger partial charge on any atom is -0.354 e. The Labute approximate surface area is 169 Å². The number of hydrogen-bond donors (Lipinski definition) is 1. The van der Waals surface area contributed by atoms with Gasteiger partial charge in [0.05, 0.1) is 9.79 Å². The lowest BCUT2D eigenvalue weighted by atomic mass is 10.1. The number of rotatable bonds is 3. The summed E-state index contributed by atoms with van der Waals surface area (Å²) in [6.45, 7) is 3.47. The summed E-state index contributed by atoms with van der Waals surface area (Å²) in [5.41, 5.74) is 0. The van der Waals surface area contributed by atoms with Crippen molar-refractivity contribution in [3.05, 3.63) is 59.8 Å². The van der Waals surface area contributed by atoms with Crippen molar-refractivity contribution >= 4 is 50.4 Å². The number of fused-ring (bicyclic) bond motifs is 1. The number of sulfone groups is 1. The molecule has 0 saturated carbocycles. The average Bonchev–Trinajstić information content (AvgIpc) is 2.68. The van der Waals surface area contributed by atoms with Gasteiger partial charge < -0.3 is 10.2 Å². The summed E-state index contributed by atoms with van der Waals surface area (Å²) < 4.78 is 26.0. The molecule has 0 amide bonds. The van der Waals surface area contributed by atoms with Crippen molar-refractivity contribution in [3.8, 4) is 0 Å². The van der Waals surface area contributed by atoms with E-state index in [0.717, 1.165) is 42.8 Å². The lowest BCUT2D eigenvalue weighted by Gasteiger charge is -2.29. The number of nitrogens with zero attached hydrogens (tertiary/aromatic N) is 2. The molecule has 5 nitrogen and oxygen atoms in total. The van der Waals surface area contributed by atoms with Crippen LogP contribution in [0.5, 0.6) is 0 Å². The van der Waals surface area contributed by atoms with Gasteiger partial charge in [-0.25, -0.2) is 13.4 Å². The molecule has 1 saturated heterocycles. The third kappa shape index (κ3) is 3.89. The largest absolute Gasteiger partial charge is 0.354 e. The van der Waals surface area contributed by atoms with Gasteiger partial charge in [0, 0.05) is 42.8 Å². The molecular formula is C19H19Cl2N3O2S. The van der Waals surface area contributed by atoms with Crippen molar-refractivity contribution in [2.24, 2.45) is 0 Å². The van der Waals surface area contributed by atoms with E-state index in [1.54, 1.807) is 30.5 Å². The van der Waals surface area contributed by atoms with Crippen LogP contribution >= 0.6 is 24.0 Å². The zero-order chi connectivity index (χ0) is 18.1. The molecule has 0 aliphatic carbocycles. The van der Waals surface area contributed by atoms with Gasteiger partial charge in [-0.1, -0.05) is 17.7 Å². The van der Waals surface area contributed by atoms with Crippen molar-refractivity contribution in [1.29, 1.82) is 0 Å². The first-order chi connectivity index (χ1) is 12.6. The molecule has 2 aromatic carbocycles.